The van der Waals surface area contributed by atoms with Crippen LogP contribution in [0.3, 0.4) is 0 Å². The van der Waals surface area contributed by atoms with Crippen LogP contribution in [0.4, 0.5) is 5.69 Å². The predicted octanol–water partition coefficient (Wildman–Crippen LogP) is 12.1. The van der Waals surface area contributed by atoms with Gasteiger partial charge in [-0.05, 0) is 108 Å². The topological polar surface area (TPSA) is 12.0 Å². The quantitative estimate of drug-likeness (QED) is 0.209. The summed E-state index contributed by atoms with van der Waals surface area (Å²) in [6.07, 6.45) is 2.34. The van der Waals surface area contributed by atoms with Gasteiger partial charge in [0.05, 0.1) is 0 Å². The highest BCUT2D eigenvalue weighted by Crippen LogP contribution is 2.46. The Kier molecular flexibility index (Phi) is 7.24. The summed E-state index contributed by atoms with van der Waals surface area (Å²) in [5.74, 6) is 0. The van der Waals surface area contributed by atoms with Gasteiger partial charge < -0.3 is 5.32 Å². The molecule has 1 aliphatic heterocycles. The van der Waals surface area contributed by atoms with E-state index in [1.165, 1.54) is 88.1 Å². The minimum atomic E-state index is 0.836. The molecular weight excluding hydrogens is 530 g/mol. The summed E-state index contributed by atoms with van der Waals surface area (Å²) in [5.41, 5.74) is 12.9. The van der Waals surface area contributed by atoms with Crippen LogP contribution >= 0.6 is 0 Å². The van der Waals surface area contributed by atoms with E-state index in [0.717, 1.165) is 6.54 Å². The molecule has 1 aliphatic rings. The average Bonchev–Trinajstić information content (AvgIpc) is 3.08. The van der Waals surface area contributed by atoms with Crippen LogP contribution < -0.4 is 5.32 Å². The normalized spacial score (nSPS) is 12.3. The number of nitrogens with one attached hydrogen (secondary N) is 1. The van der Waals surface area contributed by atoms with Gasteiger partial charge in [-0.25, -0.2) is 0 Å². The highest BCUT2D eigenvalue weighted by molar-refractivity contribution is 6.23. The van der Waals surface area contributed by atoms with Crippen molar-refractivity contribution in [3.63, 3.8) is 0 Å². The lowest BCUT2D eigenvalue weighted by molar-refractivity contribution is 1.28. The highest BCUT2D eigenvalue weighted by atomic mass is 14.9. The summed E-state index contributed by atoms with van der Waals surface area (Å²) in [4.78, 5) is 0. The Morgan fingerprint density at radius 1 is 0.477 bits per heavy atom. The summed E-state index contributed by atoms with van der Waals surface area (Å²) in [6.45, 7) is 9.36. The zero-order chi connectivity index (χ0) is 30.2. The Bertz CT molecular complexity index is 2150. The third-order valence-electron chi connectivity index (χ3n) is 8.94. The summed E-state index contributed by atoms with van der Waals surface area (Å²) in [6, 6.07) is 46.7. The molecule has 0 radical (unpaired) electrons. The van der Waals surface area contributed by atoms with E-state index in [9.17, 15) is 0 Å². The fourth-order valence-corrected chi connectivity index (χ4v) is 6.97. The van der Waals surface area contributed by atoms with Crippen LogP contribution in [-0.2, 0) is 0 Å². The molecule has 1 heteroatoms. The lowest BCUT2D eigenvalue weighted by Crippen LogP contribution is -2.10. The Hall–Kier alpha value is -5.14. The molecule has 0 fully saturated rings. The zero-order valence-electron chi connectivity index (χ0n) is 25.9. The molecule has 0 unspecified atom stereocenters. The molecular formula is C43H37N. The van der Waals surface area contributed by atoms with E-state index in [0.29, 0.717) is 0 Å². The van der Waals surface area contributed by atoms with Gasteiger partial charge in [0.25, 0.3) is 0 Å². The third kappa shape index (κ3) is 4.57. The van der Waals surface area contributed by atoms with Crippen LogP contribution in [-0.4, -0.2) is 6.54 Å². The lowest BCUT2D eigenvalue weighted by atomic mass is 9.82. The van der Waals surface area contributed by atoms with E-state index in [1.807, 2.05) is 13.8 Å². The Labute approximate surface area is 260 Å². The number of fused-ring (bicyclic) bond motifs is 4. The first-order valence-electron chi connectivity index (χ1n) is 15.7. The van der Waals surface area contributed by atoms with Gasteiger partial charge in [-0.2, -0.15) is 0 Å². The monoisotopic (exact) mass is 567 g/mol. The van der Waals surface area contributed by atoms with Crippen molar-refractivity contribution in [2.24, 2.45) is 0 Å². The predicted molar refractivity (Wildman–Crippen MR) is 193 cm³/mol. The van der Waals surface area contributed by atoms with Crippen molar-refractivity contribution < 1.29 is 0 Å². The van der Waals surface area contributed by atoms with Crippen molar-refractivity contribution in [2.45, 2.75) is 27.7 Å². The molecule has 0 atom stereocenters. The second kappa shape index (κ2) is 11.5. The SMILES string of the molecule is CC.Cc1cc(-c2c3ccccc3c(-c3cccc4ccccc34)c3ccccc23)c(C)cc1C1=Cc2ccccc2NC1. The second-order valence-electron chi connectivity index (χ2n) is 11.5. The largest absolute Gasteiger partial charge is 0.380 e. The second-order valence-corrected chi connectivity index (χ2v) is 11.5. The molecule has 1 heterocycles. The van der Waals surface area contributed by atoms with Gasteiger partial charge in [-0.1, -0.05) is 135 Å². The van der Waals surface area contributed by atoms with Crippen LogP contribution in [0.2, 0.25) is 0 Å². The maximum absolute atomic E-state index is 3.62. The van der Waals surface area contributed by atoms with Crippen molar-refractivity contribution >= 4 is 49.7 Å². The van der Waals surface area contributed by atoms with Gasteiger partial charge in [0, 0.05) is 12.2 Å². The van der Waals surface area contributed by atoms with Crippen LogP contribution in [0.25, 0.3) is 66.2 Å². The number of rotatable bonds is 3. The van der Waals surface area contributed by atoms with Gasteiger partial charge in [-0.15, -0.1) is 0 Å². The van der Waals surface area contributed by atoms with Crippen molar-refractivity contribution in [2.75, 3.05) is 11.9 Å². The molecule has 0 aliphatic carbocycles. The van der Waals surface area contributed by atoms with Crippen LogP contribution in [0, 0.1) is 13.8 Å². The van der Waals surface area contributed by atoms with E-state index in [-0.39, 0.29) is 0 Å². The minimum absolute atomic E-state index is 0.836. The molecule has 8 rings (SSSR count). The maximum Gasteiger partial charge on any atom is 0.0416 e. The number of hydrogen-bond acceptors (Lipinski definition) is 1. The van der Waals surface area contributed by atoms with Gasteiger partial charge in [-0.3, -0.25) is 0 Å². The summed E-state index contributed by atoms with van der Waals surface area (Å²) >= 11 is 0. The smallest absolute Gasteiger partial charge is 0.0416 e. The van der Waals surface area contributed by atoms with E-state index >= 15 is 0 Å². The molecule has 0 amide bonds. The molecule has 1 nitrogen and oxygen atoms in total. The summed E-state index contributed by atoms with van der Waals surface area (Å²) < 4.78 is 0. The first-order valence-corrected chi connectivity index (χ1v) is 15.7. The molecule has 0 saturated carbocycles. The number of para-hydroxylation sites is 1. The standard InChI is InChI=1S/C41H31N.C2H6/c1-26-23-38(27(2)22-37(26)30-24-29-13-4-10-21-39(29)42-25-30)41-35-18-8-6-16-33(35)40(34-17-7-9-19-36(34)41)32-20-11-14-28-12-3-5-15-31(28)32;1-2/h3-24,42H,25H2,1-2H3;1-2H3. The molecule has 7 aromatic carbocycles. The molecule has 44 heavy (non-hydrogen) atoms. The van der Waals surface area contributed by atoms with E-state index in [2.05, 4.69) is 153 Å². The number of anilines is 1. The van der Waals surface area contributed by atoms with E-state index in [4.69, 9.17) is 0 Å². The zero-order valence-corrected chi connectivity index (χ0v) is 25.9. The minimum Gasteiger partial charge on any atom is -0.380 e. The average molecular weight is 568 g/mol. The number of benzene rings is 7. The van der Waals surface area contributed by atoms with Crippen molar-refractivity contribution in [3.05, 3.63) is 150 Å². The van der Waals surface area contributed by atoms with E-state index < -0.39 is 0 Å². The van der Waals surface area contributed by atoms with Crippen LogP contribution in [0.15, 0.2) is 127 Å². The first kappa shape index (κ1) is 27.7. The summed E-state index contributed by atoms with van der Waals surface area (Å²) in [5, 5.41) is 11.3. The first-order chi connectivity index (χ1) is 21.7. The van der Waals surface area contributed by atoms with E-state index in [1.54, 1.807) is 0 Å². The highest BCUT2D eigenvalue weighted by Gasteiger charge is 2.20. The van der Waals surface area contributed by atoms with Gasteiger partial charge >= 0.3 is 0 Å². The Morgan fingerprint density at radius 3 is 1.66 bits per heavy atom. The van der Waals surface area contributed by atoms with Gasteiger partial charge in [0.1, 0.15) is 0 Å². The number of hydrogen-bond donors (Lipinski definition) is 1. The molecule has 1 N–H and O–H groups in total. The molecule has 0 saturated heterocycles. The van der Waals surface area contributed by atoms with Gasteiger partial charge in [0.2, 0.25) is 0 Å². The van der Waals surface area contributed by atoms with Gasteiger partial charge in [0.15, 0.2) is 0 Å². The van der Waals surface area contributed by atoms with Crippen LogP contribution in [0.1, 0.15) is 36.1 Å². The third-order valence-corrected chi connectivity index (χ3v) is 8.94. The molecule has 7 aromatic rings. The van der Waals surface area contributed by atoms with Crippen molar-refractivity contribution in [3.8, 4) is 22.3 Å². The molecule has 0 bridgehead atoms. The lowest BCUT2D eigenvalue weighted by Gasteiger charge is -2.23. The number of aryl methyl sites for hydroxylation is 2. The Balaban J connectivity index is 0.00000153. The molecule has 214 valence electrons. The van der Waals surface area contributed by atoms with Crippen molar-refractivity contribution in [1.29, 1.82) is 0 Å². The maximum atomic E-state index is 3.62. The fourth-order valence-electron chi connectivity index (χ4n) is 6.97. The fraction of sp³-hybridized carbons (Fsp3) is 0.116. The molecule has 0 spiro atoms. The van der Waals surface area contributed by atoms with Crippen LogP contribution in [0.5, 0.6) is 0 Å². The summed E-state index contributed by atoms with van der Waals surface area (Å²) in [7, 11) is 0. The molecule has 0 aromatic heterocycles. The van der Waals surface area contributed by atoms with Crippen molar-refractivity contribution in [1.82, 2.24) is 0 Å². The Morgan fingerprint density at radius 2 is 0.977 bits per heavy atom.